The molecule has 0 bridgehead atoms. The predicted molar refractivity (Wildman–Crippen MR) is 96.2 cm³/mol. The van der Waals surface area contributed by atoms with Crippen LogP contribution in [0.15, 0.2) is 4.99 Å². The van der Waals surface area contributed by atoms with Gasteiger partial charge in [-0.2, -0.15) is 0 Å². The summed E-state index contributed by atoms with van der Waals surface area (Å²) in [6.45, 7) is 5.13. The summed E-state index contributed by atoms with van der Waals surface area (Å²) >= 11 is 2.66. The van der Waals surface area contributed by atoms with Gasteiger partial charge in [-0.25, -0.2) is 4.79 Å². The first-order valence-corrected chi connectivity index (χ1v) is 9.57. The van der Waals surface area contributed by atoms with E-state index in [9.17, 15) is 14.4 Å². The standard InChI is InChI=1S/C15H25NO6S2/c1-15(2,3)22-13(19)11(16-14(23-6)24-7)9(12(18)21-5)8-10(17)20-4/h9,11H,8H2,1-7H3/t9-,11+/m1/s1. The molecule has 0 aliphatic carbocycles. The number of ether oxygens (including phenoxy) is 3. The van der Waals surface area contributed by atoms with Crippen molar-refractivity contribution in [1.82, 2.24) is 0 Å². The second kappa shape index (κ2) is 10.6. The second-order valence-corrected chi connectivity index (χ2v) is 7.54. The Labute approximate surface area is 151 Å². The van der Waals surface area contributed by atoms with Crippen molar-refractivity contribution in [2.45, 2.75) is 38.8 Å². The smallest absolute Gasteiger partial charge is 0.332 e. The van der Waals surface area contributed by atoms with E-state index in [0.29, 0.717) is 4.38 Å². The highest BCUT2D eigenvalue weighted by atomic mass is 32.2. The molecule has 0 aromatic rings. The summed E-state index contributed by atoms with van der Waals surface area (Å²) in [5, 5.41) is 0. The molecule has 0 fully saturated rings. The van der Waals surface area contributed by atoms with E-state index in [1.807, 2.05) is 0 Å². The van der Waals surface area contributed by atoms with Crippen molar-refractivity contribution in [3.05, 3.63) is 0 Å². The molecule has 0 aromatic carbocycles. The van der Waals surface area contributed by atoms with E-state index in [1.165, 1.54) is 37.7 Å². The number of thioether (sulfide) groups is 2. The zero-order valence-corrected chi connectivity index (χ0v) is 16.7. The van der Waals surface area contributed by atoms with Crippen molar-refractivity contribution in [1.29, 1.82) is 0 Å². The fourth-order valence-corrected chi connectivity index (χ4v) is 2.81. The lowest BCUT2D eigenvalue weighted by atomic mass is 9.96. The average Bonchev–Trinajstić information content (AvgIpc) is 2.51. The predicted octanol–water partition coefficient (Wildman–Crippen LogP) is 2.13. The van der Waals surface area contributed by atoms with Crippen LogP contribution >= 0.6 is 23.5 Å². The van der Waals surface area contributed by atoms with Crippen molar-refractivity contribution >= 4 is 45.8 Å². The Hall–Kier alpha value is -1.22. The molecule has 24 heavy (non-hydrogen) atoms. The van der Waals surface area contributed by atoms with Crippen LogP contribution in [0.1, 0.15) is 27.2 Å². The molecule has 0 aromatic heterocycles. The Morgan fingerprint density at radius 3 is 1.92 bits per heavy atom. The number of hydrogen-bond acceptors (Lipinski definition) is 9. The topological polar surface area (TPSA) is 91.3 Å². The number of nitrogens with zero attached hydrogens (tertiary/aromatic N) is 1. The highest BCUT2D eigenvalue weighted by Gasteiger charge is 2.39. The molecular formula is C15H25NO6S2. The normalized spacial score (nSPS) is 13.5. The molecule has 0 amide bonds. The summed E-state index contributed by atoms with van der Waals surface area (Å²) in [6.07, 6.45) is 3.27. The largest absolute Gasteiger partial charge is 0.469 e. The van der Waals surface area contributed by atoms with Gasteiger partial charge in [0.25, 0.3) is 0 Å². The molecule has 0 saturated carbocycles. The van der Waals surface area contributed by atoms with Crippen molar-refractivity contribution in [2.75, 3.05) is 26.7 Å². The average molecular weight is 380 g/mol. The van der Waals surface area contributed by atoms with Crippen molar-refractivity contribution < 1.29 is 28.6 Å². The van der Waals surface area contributed by atoms with Gasteiger partial charge < -0.3 is 14.2 Å². The van der Waals surface area contributed by atoms with Gasteiger partial charge in [0.05, 0.1) is 20.6 Å². The van der Waals surface area contributed by atoms with Gasteiger partial charge in [0, 0.05) is 0 Å². The number of carbonyl (C=O) groups excluding carboxylic acids is 3. The van der Waals surface area contributed by atoms with Crippen LogP contribution in [0.2, 0.25) is 0 Å². The Morgan fingerprint density at radius 2 is 1.54 bits per heavy atom. The van der Waals surface area contributed by atoms with Crippen LogP contribution in [0, 0.1) is 5.92 Å². The number of carbonyl (C=O) groups is 3. The minimum atomic E-state index is -1.19. The van der Waals surface area contributed by atoms with Crippen LogP contribution in [-0.2, 0) is 28.6 Å². The van der Waals surface area contributed by atoms with Crippen LogP contribution in [-0.4, -0.2) is 60.7 Å². The Morgan fingerprint density at radius 1 is 1.00 bits per heavy atom. The first-order chi connectivity index (χ1) is 11.1. The fraction of sp³-hybridized carbons (Fsp3) is 0.733. The Kier molecular flexibility index (Phi) is 10.1. The van der Waals surface area contributed by atoms with Crippen LogP contribution in [0.4, 0.5) is 0 Å². The molecule has 138 valence electrons. The van der Waals surface area contributed by atoms with E-state index in [0.717, 1.165) is 0 Å². The Balaban J connectivity index is 5.81. The number of hydrogen-bond donors (Lipinski definition) is 0. The zero-order valence-electron chi connectivity index (χ0n) is 15.1. The van der Waals surface area contributed by atoms with Gasteiger partial charge in [-0.05, 0) is 33.3 Å². The van der Waals surface area contributed by atoms with Crippen molar-refractivity contribution in [2.24, 2.45) is 10.9 Å². The number of methoxy groups -OCH3 is 2. The molecule has 0 radical (unpaired) electrons. The van der Waals surface area contributed by atoms with Crippen molar-refractivity contribution in [3.8, 4) is 0 Å². The molecule has 0 rings (SSSR count). The summed E-state index contributed by atoms with van der Waals surface area (Å²) in [7, 11) is 2.39. The van der Waals surface area contributed by atoms with Crippen LogP contribution in [0.5, 0.6) is 0 Å². The summed E-state index contributed by atoms with van der Waals surface area (Å²) in [6, 6.07) is -1.19. The van der Waals surface area contributed by atoms with Crippen LogP contribution < -0.4 is 0 Å². The lowest BCUT2D eigenvalue weighted by Crippen LogP contribution is -2.40. The summed E-state index contributed by atoms with van der Waals surface area (Å²) < 4.78 is 15.3. The quantitative estimate of drug-likeness (QED) is 0.300. The lowest BCUT2D eigenvalue weighted by molar-refractivity contribution is -0.164. The van der Waals surface area contributed by atoms with E-state index < -0.39 is 35.5 Å². The fourth-order valence-electron chi connectivity index (χ4n) is 1.71. The van der Waals surface area contributed by atoms with Gasteiger partial charge in [0.1, 0.15) is 15.9 Å². The molecule has 7 nitrogen and oxygen atoms in total. The van der Waals surface area contributed by atoms with E-state index in [-0.39, 0.29) is 6.42 Å². The third kappa shape index (κ3) is 8.05. The maximum atomic E-state index is 12.6. The molecule has 0 saturated heterocycles. The maximum absolute atomic E-state index is 12.6. The van der Waals surface area contributed by atoms with E-state index in [2.05, 4.69) is 9.73 Å². The van der Waals surface area contributed by atoms with Crippen LogP contribution in [0.3, 0.4) is 0 Å². The third-order valence-electron chi connectivity index (χ3n) is 2.74. The van der Waals surface area contributed by atoms with Gasteiger partial charge in [0.2, 0.25) is 0 Å². The number of aliphatic imine (C=N–C) groups is 1. The van der Waals surface area contributed by atoms with Gasteiger partial charge in [-0.3, -0.25) is 14.6 Å². The first kappa shape index (κ1) is 22.8. The van der Waals surface area contributed by atoms with Gasteiger partial charge in [-0.15, -0.1) is 23.5 Å². The highest BCUT2D eigenvalue weighted by molar-refractivity contribution is 8.38. The zero-order chi connectivity index (χ0) is 18.9. The SMILES string of the molecule is COC(=O)C[C@@H](C(=O)OC)[C@H](N=C(SC)SC)C(=O)OC(C)(C)C. The lowest BCUT2D eigenvalue weighted by Gasteiger charge is -2.25. The van der Waals surface area contributed by atoms with Gasteiger partial charge in [0.15, 0.2) is 6.04 Å². The number of esters is 3. The van der Waals surface area contributed by atoms with E-state index in [1.54, 1.807) is 33.3 Å². The van der Waals surface area contributed by atoms with E-state index >= 15 is 0 Å². The maximum Gasteiger partial charge on any atom is 0.332 e. The molecule has 0 unspecified atom stereocenters. The Bertz CT molecular complexity index is 481. The second-order valence-electron chi connectivity index (χ2n) is 5.69. The van der Waals surface area contributed by atoms with Crippen LogP contribution in [0.25, 0.3) is 0 Å². The van der Waals surface area contributed by atoms with Gasteiger partial charge in [-0.1, -0.05) is 0 Å². The summed E-state index contributed by atoms with van der Waals surface area (Å²) in [5.41, 5.74) is -0.754. The minimum Gasteiger partial charge on any atom is -0.469 e. The molecule has 2 atom stereocenters. The summed E-state index contributed by atoms with van der Waals surface area (Å²) in [5.74, 6) is -3.17. The summed E-state index contributed by atoms with van der Waals surface area (Å²) in [4.78, 5) is 40.6. The molecule has 0 N–H and O–H groups in total. The van der Waals surface area contributed by atoms with E-state index in [4.69, 9.17) is 9.47 Å². The monoisotopic (exact) mass is 379 g/mol. The molecule has 0 aliphatic rings. The molecule has 0 aliphatic heterocycles. The molecule has 9 heteroatoms. The first-order valence-electron chi connectivity index (χ1n) is 7.12. The van der Waals surface area contributed by atoms with Gasteiger partial charge >= 0.3 is 17.9 Å². The third-order valence-corrected chi connectivity index (χ3v) is 4.65. The molecule has 0 heterocycles. The number of rotatable bonds is 6. The van der Waals surface area contributed by atoms with Crippen molar-refractivity contribution in [3.63, 3.8) is 0 Å². The minimum absolute atomic E-state index is 0.327. The molecule has 0 spiro atoms. The highest BCUT2D eigenvalue weighted by Crippen LogP contribution is 2.23. The molecular weight excluding hydrogens is 354 g/mol.